The van der Waals surface area contributed by atoms with Crippen LogP contribution in [0.2, 0.25) is 0 Å². The van der Waals surface area contributed by atoms with Crippen LogP contribution in [0.4, 0.5) is 10.1 Å². The Bertz CT molecular complexity index is 621. The summed E-state index contributed by atoms with van der Waals surface area (Å²) in [6, 6.07) is 2.89. The molecule has 2 atom stereocenters. The summed E-state index contributed by atoms with van der Waals surface area (Å²) >= 11 is 0. The summed E-state index contributed by atoms with van der Waals surface area (Å²) in [6.45, 7) is 0.523. The lowest BCUT2D eigenvalue weighted by Gasteiger charge is -2.26. The number of sulfonamides is 1. The zero-order chi connectivity index (χ0) is 15.8. The minimum atomic E-state index is -3.86. The second-order valence-corrected chi connectivity index (χ2v) is 7.42. The molecule has 8 heteroatoms. The summed E-state index contributed by atoms with van der Waals surface area (Å²) in [7, 11) is -0.189. The first-order chi connectivity index (χ1) is 9.71. The van der Waals surface area contributed by atoms with Gasteiger partial charge in [-0.1, -0.05) is 0 Å². The fraction of sp³-hybridized carbons (Fsp3) is 0.538. The largest absolute Gasteiger partial charge is 0.398 e. The highest BCUT2D eigenvalue weighted by atomic mass is 32.2. The lowest BCUT2D eigenvalue weighted by Crippen LogP contribution is -2.41. The molecule has 118 valence electrons. The van der Waals surface area contributed by atoms with Crippen LogP contribution < -0.4 is 5.73 Å². The van der Waals surface area contributed by atoms with E-state index in [1.54, 1.807) is 0 Å². The van der Waals surface area contributed by atoms with Gasteiger partial charge in [-0.05, 0) is 38.7 Å². The zero-order valence-electron chi connectivity index (χ0n) is 12.0. The third kappa shape index (κ3) is 3.34. The molecule has 2 rings (SSSR count). The molecule has 0 aromatic heterocycles. The van der Waals surface area contributed by atoms with Gasteiger partial charge in [0.15, 0.2) is 0 Å². The number of hydrogen-bond acceptors (Lipinski definition) is 5. The van der Waals surface area contributed by atoms with Crippen LogP contribution >= 0.6 is 0 Å². The lowest BCUT2D eigenvalue weighted by molar-refractivity contribution is 0.188. The van der Waals surface area contributed by atoms with Gasteiger partial charge < -0.3 is 15.7 Å². The van der Waals surface area contributed by atoms with E-state index >= 15 is 0 Å². The average molecular weight is 317 g/mol. The molecule has 0 radical (unpaired) electrons. The summed E-state index contributed by atoms with van der Waals surface area (Å²) in [5.74, 6) is -0.585. The van der Waals surface area contributed by atoms with Gasteiger partial charge in [-0.25, -0.2) is 12.8 Å². The number of nitrogen functional groups attached to an aromatic ring is 1. The lowest BCUT2D eigenvalue weighted by atomic mass is 10.2. The first kappa shape index (κ1) is 16.2. The molecule has 1 aliphatic heterocycles. The summed E-state index contributed by atoms with van der Waals surface area (Å²) < 4.78 is 39.7. The third-order valence-electron chi connectivity index (χ3n) is 3.48. The predicted octanol–water partition coefficient (Wildman–Crippen LogP) is 0.0934. The first-order valence-electron chi connectivity index (χ1n) is 6.61. The summed E-state index contributed by atoms with van der Waals surface area (Å²) in [4.78, 5) is 1.74. The van der Waals surface area contributed by atoms with Crippen molar-refractivity contribution in [3.05, 3.63) is 24.0 Å². The second-order valence-electron chi connectivity index (χ2n) is 5.56. The highest BCUT2D eigenvalue weighted by Gasteiger charge is 2.40. The summed E-state index contributed by atoms with van der Waals surface area (Å²) in [6.07, 6.45) is -0.329. The number of nitrogens with zero attached hydrogens (tertiary/aromatic N) is 2. The van der Waals surface area contributed by atoms with Crippen molar-refractivity contribution >= 4 is 15.7 Å². The van der Waals surface area contributed by atoms with Gasteiger partial charge >= 0.3 is 0 Å². The molecule has 0 spiro atoms. The molecule has 1 aliphatic rings. The fourth-order valence-corrected chi connectivity index (χ4v) is 4.39. The molecule has 1 heterocycles. The molecule has 1 aromatic rings. The molecular formula is C13H20FN3O3S. The van der Waals surface area contributed by atoms with E-state index in [1.807, 2.05) is 19.0 Å². The highest BCUT2D eigenvalue weighted by molar-refractivity contribution is 7.89. The van der Waals surface area contributed by atoms with Gasteiger partial charge in [0.25, 0.3) is 0 Å². The number of nitrogens with two attached hydrogens (primary N) is 1. The zero-order valence-corrected chi connectivity index (χ0v) is 12.8. The fourth-order valence-electron chi connectivity index (χ4n) is 2.62. The van der Waals surface area contributed by atoms with Gasteiger partial charge in [-0.3, -0.25) is 0 Å². The number of anilines is 1. The van der Waals surface area contributed by atoms with Crippen LogP contribution in [-0.4, -0.2) is 62.1 Å². The smallest absolute Gasteiger partial charge is 0.245 e. The van der Waals surface area contributed by atoms with Crippen LogP contribution in [0.3, 0.4) is 0 Å². The van der Waals surface area contributed by atoms with E-state index in [4.69, 9.17) is 5.73 Å². The maximum atomic E-state index is 13.1. The molecule has 6 nitrogen and oxygen atoms in total. The minimum absolute atomic E-state index is 0.0255. The van der Waals surface area contributed by atoms with Crippen LogP contribution in [-0.2, 0) is 10.0 Å². The standard InChI is InChI=1S/C13H20FN3O3S/c1-16(2)7-10-6-11(18)8-17(10)21(19,20)13-4-3-9(14)5-12(13)15/h3-5,10-11,18H,6-8,15H2,1-2H3. The minimum Gasteiger partial charge on any atom is -0.398 e. The molecule has 0 saturated carbocycles. The molecule has 0 bridgehead atoms. The molecule has 21 heavy (non-hydrogen) atoms. The first-order valence-corrected chi connectivity index (χ1v) is 8.05. The van der Waals surface area contributed by atoms with Gasteiger partial charge in [0.1, 0.15) is 10.7 Å². The van der Waals surface area contributed by atoms with E-state index in [2.05, 4.69) is 0 Å². The number of aliphatic hydroxyl groups is 1. The van der Waals surface area contributed by atoms with E-state index < -0.39 is 21.9 Å². The van der Waals surface area contributed by atoms with Gasteiger partial charge in [0, 0.05) is 19.1 Å². The number of benzene rings is 1. The SMILES string of the molecule is CN(C)CC1CC(O)CN1S(=O)(=O)c1ccc(F)cc1N. The molecule has 2 unspecified atom stereocenters. The topological polar surface area (TPSA) is 86.9 Å². The van der Waals surface area contributed by atoms with E-state index in [1.165, 1.54) is 4.31 Å². The van der Waals surface area contributed by atoms with Crippen molar-refractivity contribution in [2.75, 3.05) is 32.9 Å². The maximum absolute atomic E-state index is 13.1. The van der Waals surface area contributed by atoms with E-state index in [-0.39, 0.29) is 23.2 Å². The Morgan fingerprint density at radius 1 is 1.48 bits per heavy atom. The van der Waals surface area contributed by atoms with Crippen molar-refractivity contribution in [3.8, 4) is 0 Å². The Labute approximate surface area is 124 Å². The van der Waals surface area contributed by atoms with Crippen molar-refractivity contribution in [2.45, 2.75) is 23.5 Å². The van der Waals surface area contributed by atoms with Gasteiger partial charge in [0.05, 0.1) is 11.8 Å². The number of likely N-dealkylation sites (N-methyl/N-ethyl adjacent to an activating group) is 1. The van der Waals surface area contributed by atoms with Crippen molar-refractivity contribution < 1.29 is 17.9 Å². The van der Waals surface area contributed by atoms with Crippen LogP contribution in [0.5, 0.6) is 0 Å². The quantitative estimate of drug-likeness (QED) is 0.769. The van der Waals surface area contributed by atoms with E-state index in [9.17, 15) is 17.9 Å². The number of aliphatic hydroxyl groups excluding tert-OH is 1. The molecule has 1 saturated heterocycles. The van der Waals surface area contributed by atoms with Crippen molar-refractivity contribution in [1.29, 1.82) is 0 Å². The number of hydrogen-bond donors (Lipinski definition) is 2. The van der Waals surface area contributed by atoms with Crippen LogP contribution in [0.25, 0.3) is 0 Å². The second kappa shape index (κ2) is 5.88. The Balaban J connectivity index is 2.37. The Morgan fingerprint density at radius 2 is 2.14 bits per heavy atom. The molecule has 1 fully saturated rings. The highest BCUT2D eigenvalue weighted by Crippen LogP contribution is 2.29. The van der Waals surface area contributed by atoms with Gasteiger partial charge in [-0.2, -0.15) is 4.31 Å². The van der Waals surface area contributed by atoms with E-state index in [0.29, 0.717) is 13.0 Å². The van der Waals surface area contributed by atoms with Crippen molar-refractivity contribution in [2.24, 2.45) is 0 Å². The summed E-state index contributed by atoms with van der Waals surface area (Å²) in [5.41, 5.74) is 5.51. The number of β-amino-alcohol motifs (C(OH)–C–C–N with tert-alkyl or cyclic N) is 1. The van der Waals surface area contributed by atoms with Crippen LogP contribution in [0.1, 0.15) is 6.42 Å². The van der Waals surface area contributed by atoms with Crippen LogP contribution in [0.15, 0.2) is 23.1 Å². The number of rotatable bonds is 4. The van der Waals surface area contributed by atoms with Gasteiger partial charge in [-0.15, -0.1) is 0 Å². The van der Waals surface area contributed by atoms with Crippen molar-refractivity contribution in [1.82, 2.24) is 9.21 Å². The summed E-state index contributed by atoms with van der Waals surface area (Å²) in [5, 5.41) is 9.79. The van der Waals surface area contributed by atoms with E-state index in [0.717, 1.165) is 18.2 Å². The Hall–Kier alpha value is -1.22. The predicted molar refractivity (Wildman–Crippen MR) is 77.7 cm³/mol. The van der Waals surface area contributed by atoms with Crippen LogP contribution in [0, 0.1) is 5.82 Å². The molecular weight excluding hydrogens is 297 g/mol. The third-order valence-corrected chi connectivity index (χ3v) is 5.47. The average Bonchev–Trinajstić information content (AvgIpc) is 2.69. The Morgan fingerprint density at radius 3 is 2.71 bits per heavy atom. The molecule has 0 aliphatic carbocycles. The molecule has 0 amide bonds. The Kier molecular flexibility index (Phi) is 4.52. The normalized spacial score (nSPS) is 23.9. The maximum Gasteiger partial charge on any atom is 0.245 e. The number of halogens is 1. The van der Waals surface area contributed by atoms with Crippen molar-refractivity contribution in [3.63, 3.8) is 0 Å². The van der Waals surface area contributed by atoms with Gasteiger partial charge in [0.2, 0.25) is 10.0 Å². The molecule has 3 N–H and O–H groups in total. The molecule has 1 aromatic carbocycles. The monoisotopic (exact) mass is 317 g/mol.